The fourth-order valence-electron chi connectivity index (χ4n) is 2.32. The number of nitrogens with zero attached hydrogens (tertiary/aromatic N) is 1. The van der Waals surface area contributed by atoms with Crippen molar-refractivity contribution in [3.05, 3.63) is 53.6 Å². The lowest BCUT2D eigenvalue weighted by Gasteiger charge is -2.12. The van der Waals surface area contributed by atoms with Crippen LogP contribution in [0.1, 0.15) is 31.4 Å². The average Bonchev–Trinajstić information content (AvgIpc) is 2.61. The molecule has 0 aliphatic rings. The zero-order valence-corrected chi connectivity index (χ0v) is 14.2. The van der Waals surface area contributed by atoms with Gasteiger partial charge in [-0.3, -0.25) is 0 Å². The molecule has 0 atom stereocenters. The molecule has 24 heavy (non-hydrogen) atoms. The number of rotatable bonds is 9. The highest BCUT2D eigenvalue weighted by molar-refractivity contribution is 5.46. The molecule has 0 aliphatic heterocycles. The van der Waals surface area contributed by atoms with Crippen LogP contribution < -0.4 is 14.2 Å². The molecule has 0 aromatic heterocycles. The normalized spacial score (nSPS) is 10.0. The largest absolute Gasteiger partial charge is 0.490 e. The number of benzene rings is 2. The van der Waals surface area contributed by atoms with E-state index in [2.05, 4.69) is 25.1 Å². The molecule has 0 radical (unpaired) electrons. The third kappa shape index (κ3) is 5.20. The van der Waals surface area contributed by atoms with Crippen LogP contribution in [-0.4, -0.2) is 19.8 Å². The van der Waals surface area contributed by atoms with Gasteiger partial charge in [0.05, 0.1) is 18.2 Å². The predicted molar refractivity (Wildman–Crippen MR) is 93.8 cm³/mol. The second-order valence-electron chi connectivity index (χ2n) is 5.30. The van der Waals surface area contributed by atoms with Crippen molar-refractivity contribution < 1.29 is 14.2 Å². The topological polar surface area (TPSA) is 51.5 Å². The van der Waals surface area contributed by atoms with E-state index in [4.69, 9.17) is 19.5 Å². The molecule has 0 fully saturated rings. The van der Waals surface area contributed by atoms with E-state index in [1.165, 1.54) is 5.56 Å². The van der Waals surface area contributed by atoms with Gasteiger partial charge in [0.15, 0.2) is 11.5 Å². The molecule has 126 valence electrons. The Morgan fingerprint density at radius 2 is 1.62 bits per heavy atom. The highest BCUT2D eigenvalue weighted by Crippen LogP contribution is 2.28. The van der Waals surface area contributed by atoms with Crippen LogP contribution >= 0.6 is 0 Å². The molecule has 0 saturated heterocycles. The van der Waals surface area contributed by atoms with Crippen molar-refractivity contribution in [2.24, 2.45) is 0 Å². The van der Waals surface area contributed by atoms with Gasteiger partial charge < -0.3 is 14.2 Å². The van der Waals surface area contributed by atoms with Gasteiger partial charge >= 0.3 is 0 Å². The van der Waals surface area contributed by atoms with Crippen LogP contribution in [0.15, 0.2) is 42.5 Å². The standard InChI is InChI=1S/C20H23NO3/c1-3-5-16-6-9-18(10-7-16)23-12-13-24-19-11-8-17(15-21)14-20(19)22-4-2/h6-11,14H,3-5,12-13H2,1-2H3. The Labute approximate surface area is 143 Å². The van der Waals surface area contributed by atoms with Crippen LogP contribution in [0.2, 0.25) is 0 Å². The van der Waals surface area contributed by atoms with Crippen molar-refractivity contribution in [1.82, 2.24) is 0 Å². The Bertz CT molecular complexity index is 674. The summed E-state index contributed by atoms with van der Waals surface area (Å²) in [5.74, 6) is 2.04. The first-order valence-electron chi connectivity index (χ1n) is 8.28. The molecule has 2 aromatic rings. The lowest BCUT2D eigenvalue weighted by atomic mass is 10.1. The maximum atomic E-state index is 8.95. The summed E-state index contributed by atoms with van der Waals surface area (Å²) in [7, 11) is 0. The van der Waals surface area contributed by atoms with E-state index in [-0.39, 0.29) is 0 Å². The first kappa shape index (κ1) is 17.7. The van der Waals surface area contributed by atoms with E-state index < -0.39 is 0 Å². The lowest BCUT2D eigenvalue weighted by molar-refractivity contribution is 0.208. The Morgan fingerprint density at radius 3 is 2.29 bits per heavy atom. The SMILES string of the molecule is CCCc1ccc(OCCOc2ccc(C#N)cc2OCC)cc1. The van der Waals surface area contributed by atoms with Gasteiger partial charge in [0.1, 0.15) is 19.0 Å². The number of ether oxygens (including phenoxy) is 3. The summed E-state index contributed by atoms with van der Waals surface area (Å²) >= 11 is 0. The second-order valence-corrected chi connectivity index (χ2v) is 5.30. The molecule has 0 bridgehead atoms. The third-order valence-electron chi connectivity index (χ3n) is 3.44. The molecule has 0 N–H and O–H groups in total. The minimum Gasteiger partial charge on any atom is -0.490 e. The van der Waals surface area contributed by atoms with Gasteiger partial charge in [0.2, 0.25) is 0 Å². The summed E-state index contributed by atoms with van der Waals surface area (Å²) in [6.07, 6.45) is 2.23. The fourth-order valence-corrected chi connectivity index (χ4v) is 2.32. The van der Waals surface area contributed by atoms with Gasteiger partial charge in [0.25, 0.3) is 0 Å². The van der Waals surface area contributed by atoms with Crippen molar-refractivity contribution in [1.29, 1.82) is 5.26 Å². The molecule has 0 heterocycles. The first-order valence-corrected chi connectivity index (χ1v) is 8.28. The highest BCUT2D eigenvalue weighted by atomic mass is 16.5. The second kappa shape index (κ2) is 9.46. The van der Waals surface area contributed by atoms with Gasteiger partial charge in [-0.15, -0.1) is 0 Å². The summed E-state index contributed by atoms with van der Waals surface area (Å²) in [5.41, 5.74) is 1.87. The summed E-state index contributed by atoms with van der Waals surface area (Å²) in [6, 6.07) is 15.4. The van der Waals surface area contributed by atoms with Crippen LogP contribution in [0.25, 0.3) is 0 Å². The van der Waals surface area contributed by atoms with Crippen LogP contribution in [0, 0.1) is 11.3 Å². The van der Waals surface area contributed by atoms with Crippen molar-refractivity contribution >= 4 is 0 Å². The zero-order chi connectivity index (χ0) is 17.2. The van der Waals surface area contributed by atoms with Crippen LogP contribution in [0.4, 0.5) is 0 Å². The summed E-state index contributed by atoms with van der Waals surface area (Å²) < 4.78 is 16.9. The van der Waals surface area contributed by atoms with Gasteiger partial charge in [-0.1, -0.05) is 25.5 Å². The molecule has 4 nitrogen and oxygen atoms in total. The Hall–Kier alpha value is -2.67. The van der Waals surface area contributed by atoms with E-state index in [1.807, 2.05) is 19.1 Å². The molecule has 0 amide bonds. The van der Waals surface area contributed by atoms with Gasteiger partial charge in [0, 0.05) is 6.07 Å². The number of hydrogen-bond donors (Lipinski definition) is 0. The van der Waals surface area contributed by atoms with Gasteiger partial charge in [-0.2, -0.15) is 5.26 Å². The molecular formula is C20H23NO3. The van der Waals surface area contributed by atoms with Crippen molar-refractivity contribution in [2.75, 3.05) is 19.8 Å². The van der Waals surface area contributed by atoms with Crippen molar-refractivity contribution in [2.45, 2.75) is 26.7 Å². The Morgan fingerprint density at radius 1 is 0.875 bits per heavy atom. The number of aryl methyl sites for hydroxylation is 1. The van der Waals surface area contributed by atoms with Gasteiger partial charge in [-0.05, 0) is 43.2 Å². The number of hydrogen-bond acceptors (Lipinski definition) is 4. The Balaban J connectivity index is 1.84. The molecule has 0 aliphatic carbocycles. The van der Waals surface area contributed by atoms with E-state index in [0.29, 0.717) is 36.9 Å². The smallest absolute Gasteiger partial charge is 0.162 e. The van der Waals surface area contributed by atoms with E-state index in [1.54, 1.807) is 18.2 Å². The monoisotopic (exact) mass is 325 g/mol. The average molecular weight is 325 g/mol. The lowest BCUT2D eigenvalue weighted by Crippen LogP contribution is -2.10. The molecule has 2 rings (SSSR count). The van der Waals surface area contributed by atoms with E-state index >= 15 is 0 Å². The molecule has 0 saturated carbocycles. The van der Waals surface area contributed by atoms with Crippen molar-refractivity contribution in [3.8, 4) is 23.3 Å². The molecule has 0 unspecified atom stereocenters. The Kier molecular flexibility index (Phi) is 6.97. The van der Waals surface area contributed by atoms with Crippen LogP contribution in [0.3, 0.4) is 0 Å². The van der Waals surface area contributed by atoms with E-state index in [0.717, 1.165) is 18.6 Å². The highest BCUT2D eigenvalue weighted by Gasteiger charge is 2.06. The first-order chi connectivity index (χ1) is 11.8. The van der Waals surface area contributed by atoms with E-state index in [9.17, 15) is 0 Å². The van der Waals surface area contributed by atoms with Crippen molar-refractivity contribution in [3.63, 3.8) is 0 Å². The summed E-state index contributed by atoms with van der Waals surface area (Å²) in [6.45, 7) is 5.43. The van der Waals surface area contributed by atoms with Crippen LogP contribution in [-0.2, 0) is 6.42 Å². The fraction of sp³-hybridized carbons (Fsp3) is 0.350. The molecule has 0 spiro atoms. The minimum atomic E-state index is 0.405. The van der Waals surface area contributed by atoms with Crippen LogP contribution in [0.5, 0.6) is 17.2 Å². The quantitative estimate of drug-likeness (QED) is 0.643. The molecule has 2 aromatic carbocycles. The summed E-state index contributed by atoms with van der Waals surface area (Å²) in [4.78, 5) is 0. The molecular weight excluding hydrogens is 302 g/mol. The van der Waals surface area contributed by atoms with Gasteiger partial charge in [-0.25, -0.2) is 0 Å². The zero-order valence-electron chi connectivity index (χ0n) is 14.2. The number of nitriles is 1. The summed E-state index contributed by atoms with van der Waals surface area (Å²) in [5, 5.41) is 8.95. The maximum absolute atomic E-state index is 8.95. The minimum absolute atomic E-state index is 0.405. The third-order valence-corrected chi connectivity index (χ3v) is 3.44. The maximum Gasteiger partial charge on any atom is 0.162 e. The molecule has 4 heteroatoms. The predicted octanol–water partition coefficient (Wildman–Crippen LogP) is 4.37.